The van der Waals surface area contributed by atoms with Crippen molar-refractivity contribution in [3.63, 3.8) is 0 Å². The van der Waals surface area contributed by atoms with E-state index in [1.54, 1.807) is 0 Å². The molecule has 0 spiro atoms. The molecule has 0 aliphatic rings. The first kappa shape index (κ1) is 17.4. The molecule has 0 aromatic carbocycles. The molecule has 0 aliphatic heterocycles. The van der Waals surface area contributed by atoms with Crippen molar-refractivity contribution in [2.75, 3.05) is 13.2 Å². The Morgan fingerprint density at radius 1 is 1.17 bits per heavy atom. The van der Waals surface area contributed by atoms with Crippen LogP contribution in [0.15, 0.2) is 0 Å². The second kappa shape index (κ2) is 10.4. The number of unbranched alkanes of at least 4 members (excludes halogenated alkanes) is 1. The Bertz CT molecular complexity index is 219. The van der Waals surface area contributed by atoms with Crippen LogP contribution >= 0.6 is 0 Å². The second-order valence-electron chi connectivity index (χ2n) is 4.91. The van der Waals surface area contributed by atoms with Crippen molar-refractivity contribution in [1.29, 1.82) is 0 Å². The third-order valence-electron chi connectivity index (χ3n) is 3.45. The Hall–Kier alpha value is -0.570. The summed E-state index contributed by atoms with van der Waals surface area (Å²) in [6.45, 7) is 12.0. The molecule has 0 fully saturated rings. The summed E-state index contributed by atoms with van der Waals surface area (Å²) in [5.74, 6) is -0.0456. The van der Waals surface area contributed by atoms with Gasteiger partial charge in [0.05, 0.1) is 6.61 Å². The molecular formula is C15H31NO2. The van der Waals surface area contributed by atoms with Crippen molar-refractivity contribution in [2.45, 2.75) is 78.8 Å². The molecule has 0 radical (unpaired) electrons. The van der Waals surface area contributed by atoms with Gasteiger partial charge in [-0.05, 0) is 39.7 Å². The summed E-state index contributed by atoms with van der Waals surface area (Å²) in [5.41, 5.74) is 0. The number of hydrogen-bond acceptors (Lipinski definition) is 3. The monoisotopic (exact) mass is 257 g/mol. The van der Waals surface area contributed by atoms with E-state index in [4.69, 9.17) is 4.74 Å². The van der Waals surface area contributed by atoms with Crippen LogP contribution in [0.4, 0.5) is 0 Å². The van der Waals surface area contributed by atoms with Crippen molar-refractivity contribution in [2.24, 2.45) is 0 Å². The number of ether oxygens (including phenoxy) is 1. The summed E-state index contributed by atoms with van der Waals surface area (Å²) in [6.07, 6.45) is 5.29. The van der Waals surface area contributed by atoms with Crippen LogP contribution in [-0.4, -0.2) is 36.1 Å². The highest BCUT2D eigenvalue weighted by Gasteiger charge is 2.28. The van der Waals surface area contributed by atoms with Crippen LogP contribution in [0.2, 0.25) is 0 Å². The lowest BCUT2D eigenvalue weighted by molar-refractivity contribution is -0.151. The molecule has 2 atom stereocenters. The lowest BCUT2D eigenvalue weighted by Gasteiger charge is -2.34. The molecule has 0 aromatic rings. The van der Waals surface area contributed by atoms with E-state index in [-0.39, 0.29) is 12.0 Å². The Morgan fingerprint density at radius 2 is 1.83 bits per heavy atom. The van der Waals surface area contributed by atoms with Crippen LogP contribution in [0.1, 0.15) is 66.7 Å². The molecule has 0 aliphatic carbocycles. The fourth-order valence-electron chi connectivity index (χ4n) is 2.19. The number of carbonyl (C=O) groups excluding carboxylic acids is 1. The van der Waals surface area contributed by atoms with E-state index in [1.165, 1.54) is 0 Å². The van der Waals surface area contributed by atoms with Crippen LogP contribution in [0.3, 0.4) is 0 Å². The third kappa shape index (κ3) is 5.85. The zero-order chi connectivity index (χ0) is 14.0. The lowest BCUT2D eigenvalue weighted by atomic mass is 10.1. The van der Waals surface area contributed by atoms with Gasteiger partial charge in [0, 0.05) is 6.04 Å². The highest BCUT2D eigenvalue weighted by molar-refractivity contribution is 5.75. The zero-order valence-corrected chi connectivity index (χ0v) is 12.9. The average molecular weight is 257 g/mol. The maximum absolute atomic E-state index is 12.1. The standard InChI is InChI=1S/C15H31NO2/c1-6-10-12-16(13(5)8-3)14(11-7-2)15(17)18-9-4/h13-14H,6-12H2,1-5H3. The first-order valence-corrected chi connectivity index (χ1v) is 7.54. The normalized spacial score (nSPS) is 14.6. The van der Waals surface area contributed by atoms with Gasteiger partial charge in [0.15, 0.2) is 0 Å². The van der Waals surface area contributed by atoms with E-state index in [9.17, 15) is 4.79 Å². The molecule has 3 nitrogen and oxygen atoms in total. The van der Waals surface area contributed by atoms with E-state index < -0.39 is 0 Å². The summed E-state index contributed by atoms with van der Waals surface area (Å²) in [4.78, 5) is 14.4. The smallest absolute Gasteiger partial charge is 0.323 e. The number of nitrogens with zero attached hydrogens (tertiary/aromatic N) is 1. The Morgan fingerprint density at radius 3 is 2.28 bits per heavy atom. The van der Waals surface area contributed by atoms with Gasteiger partial charge < -0.3 is 4.74 Å². The molecule has 0 N–H and O–H groups in total. The number of rotatable bonds is 10. The first-order chi connectivity index (χ1) is 8.62. The van der Waals surface area contributed by atoms with Crippen molar-refractivity contribution in [1.82, 2.24) is 4.90 Å². The zero-order valence-electron chi connectivity index (χ0n) is 12.9. The van der Waals surface area contributed by atoms with Gasteiger partial charge in [-0.2, -0.15) is 0 Å². The molecule has 0 bridgehead atoms. The van der Waals surface area contributed by atoms with E-state index in [2.05, 4.69) is 32.6 Å². The molecule has 0 rings (SSSR count). The summed E-state index contributed by atoms with van der Waals surface area (Å²) in [7, 11) is 0. The third-order valence-corrected chi connectivity index (χ3v) is 3.45. The largest absolute Gasteiger partial charge is 0.465 e. The minimum absolute atomic E-state index is 0.0456. The van der Waals surface area contributed by atoms with Crippen molar-refractivity contribution in [3.05, 3.63) is 0 Å². The predicted octanol–water partition coefficient (Wildman–Crippen LogP) is 3.62. The molecule has 108 valence electrons. The van der Waals surface area contributed by atoms with Gasteiger partial charge >= 0.3 is 5.97 Å². The van der Waals surface area contributed by atoms with Gasteiger partial charge in [0.2, 0.25) is 0 Å². The van der Waals surface area contributed by atoms with Crippen molar-refractivity contribution in [3.8, 4) is 0 Å². The maximum Gasteiger partial charge on any atom is 0.323 e. The Balaban J connectivity index is 4.76. The first-order valence-electron chi connectivity index (χ1n) is 7.54. The highest BCUT2D eigenvalue weighted by Crippen LogP contribution is 2.16. The Kier molecular flexibility index (Phi) is 10.0. The number of esters is 1. The molecule has 0 saturated carbocycles. The molecule has 0 saturated heterocycles. The molecule has 0 heterocycles. The van der Waals surface area contributed by atoms with E-state index in [0.717, 1.165) is 38.6 Å². The number of carbonyl (C=O) groups is 1. The van der Waals surface area contributed by atoms with Gasteiger partial charge in [-0.15, -0.1) is 0 Å². The fraction of sp³-hybridized carbons (Fsp3) is 0.933. The quantitative estimate of drug-likeness (QED) is 0.560. The fourth-order valence-corrected chi connectivity index (χ4v) is 2.19. The predicted molar refractivity (Wildman–Crippen MR) is 76.7 cm³/mol. The summed E-state index contributed by atoms with van der Waals surface area (Å²) < 4.78 is 5.23. The average Bonchev–Trinajstić information content (AvgIpc) is 2.37. The van der Waals surface area contributed by atoms with E-state index >= 15 is 0 Å². The van der Waals surface area contributed by atoms with Crippen LogP contribution < -0.4 is 0 Å². The number of hydrogen-bond donors (Lipinski definition) is 0. The topological polar surface area (TPSA) is 29.5 Å². The van der Waals surface area contributed by atoms with Crippen LogP contribution in [0.25, 0.3) is 0 Å². The van der Waals surface area contributed by atoms with Crippen LogP contribution in [0, 0.1) is 0 Å². The van der Waals surface area contributed by atoms with Gasteiger partial charge in [-0.25, -0.2) is 0 Å². The van der Waals surface area contributed by atoms with Crippen LogP contribution in [0.5, 0.6) is 0 Å². The summed E-state index contributed by atoms with van der Waals surface area (Å²) in [6, 6.07) is 0.383. The molecule has 0 amide bonds. The van der Waals surface area contributed by atoms with Crippen molar-refractivity contribution < 1.29 is 9.53 Å². The second-order valence-corrected chi connectivity index (χ2v) is 4.91. The Labute approximate surface area is 113 Å². The van der Waals surface area contributed by atoms with Crippen LogP contribution in [-0.2, 0) is 9.53 Å². The molecule has 18 heavy (non-hydrogen) atoms. The van der Waals surface area contributed by atoms with Gasteiger partial charge in [-0.1, -0.05) is 33.6 Å². The maximum atomic E-state index is 12.1. The minimum Gasteiger partial charge on any atom is -0.465 e. The molecule has 3 heteroatoms. The minimum atomic E-state index is -0.0588. The van der Waals surface area contributed by atoms with E-state index in [0.29, 0.717) is 12.6 Å². The molecule has 2 unspecified atom stereocenters. The SMILES string of the molecule is CCCCN(C(C)CC)C(CCC)C(=O)OCC. The summed E-state index contributed by atoms with van der Waals surface area (Å²) >= 11 is 0. The molecule has 0 aromatic heterocycles. The molecular weight excluding hydrogens is 226 g/mol. The van der Waals surface area contributed by atoms with Gasteiger partial charge in [0.25, 0.3) is 0 Å². The van der Waals surface area contributed by atoms with E-state index in [1.807, 2.05) is 6.92 Å². The van der Waals surface area contributed by atoms with Gasteiger partial charge in [-0.3, -0.25) is 9.69 Å². The van der Waals surface area contributed by atoms with Gasteiger partial charge in [0.1, 0.15) is 6.04 Å². The summed E-state index contributed by atoms with van der Waals surface area (Å²) in [5, 5.41) is 0. The highest BCUT2D eigenvalue weighted by atomic mass is 16.5. The lowest BCUT2D eigenvalue weighted by Crippen LogP contribution is -2.47. The van der Waals surface area contributed by atoms with Crippen molar-refractivity contribution >= 4 is 5.97 Å².